The Morgan fingerprint density at radius 1 is 1.48 bits per heavy atom. The molecular formula is C16H17ClFN3O2. The molecule has 0 spiro atoms. The Kier molecular flexibility index (Phi) is 4.63. The van der Waals surface area contributed by atoms with Gasteiger partial charge in [0.05, 0.1) is 23.6 Å². The molecule has 1 amide bonds. The monoisotopic (exact) mass is 337 g/mol. The molecule has 7 heteroatoms. The van der Waals surface area contributed by atoms with Gasteiger partial charge in [-0.25, -0.2) is 9.07 Å². The molecule has 2 aromatic rings. The number of nitrogens with zero attached hydrogens (tertiary/aromatic N) is 2. The van der Waals surface area contributed by atoms with E-state index in [0.717, 1.165) is 13.0 Å². The Labute approximate surface area is 138 Å². The summed E-state index contributed by atoms with van der Waals surface area (Å²) >= 11 is 6.32. The van der Waals surface area contributed by atoms with Gasteiger partial charge >= 0.3 is 0 Å². The van der Waals surface area contributed by atoms with Gasteiger partial charge in [0.1, 0.15) is 11.0 Å². The number of nitrogens with one attached hydrogen (secondary N) is 1. The number of aryl methyl sites for hydroxylation is 1. The third-order valence-electron chi connectivity index (χ3n) is 3.88. The van der Waals surface area contributed by atoms with Crippen molar-refractivity contribution in [3.8, 4) is 5.69 Å². The molecule has 1 N–H and O–H groups in total. The Morgan fingerprint density at radius 2 is 2.22 bits per heavy atom. The number of amides is 1. The molecule has 1 aliphatic heterocycles. The number of rotatable bonds is 4. The summed E-state index contributed by atoms with van der Waals surface area (Å²) in [5, 5.41) is 7.38. The van der Waals surface area contributed by atoms with Gasteiger partial charge < -0.3 is 10.1 Å². The molecule has 0 radical (unpaired) electrons. The average molecular weight is 338 g/mol. The van der Waals surface area contributed by atoms with Crippen molar-refractivity contribution in [2.45, 2.75) is 13.3 Å². The van der Waals surface area contributed by atoms with Crippen molar-refractivity contribution in [2.24, 2.45) is 5.92 Å². The first kappa shape index (κ1) is 16.0. The fraction of sp³-hybridized carbons (Fsp3) is 0.375. The first-order valence-electron chi connectivity index (χ1n) is 7.43. The molecule has 1 unspecified atom stereocenters. The maximum Gasteiger partial charge on any atom is 0.256 e. The smallest absolute Gasteiger partial charge is 0.256 e. The van der Waals surface area contributed by atoms with Crippen LogP contribution in [0.2, 0.25) is 5.15 Å². The quantitative estimate of drug-likeness (QED) is 0.933. The molecule has 2 heterocycles. The summed E-state index contributed by atoms with van der Waals surface area (Å²) in [6, 6.07) is 5.77. The van der Waals surface area contributed by atoms with Gasteiger partial charge in [0.2, 0.25) is 0 Å². The van der Waals surface area contributed by atoms with E-state index < -0.39 is 0 Å². The van der Waals surface area contributed by atoms with Crippen LogP contribution in [0.5, 0.6) is 0 Å². The SMILES string of the molecule is Cc1nn(-c2ccc(F)cc2)c(Cl)c1C(=O)NCC1CCOC1. The van der Waals surface area contributed by atoms with Crippen LogP contribution < -0.4 is 5.32 Å². The van der Waals surface area contributed by atoms with Crippen LogP contribution >= 0.6 is 11.6 Å². The van der Waals surface area contributed by atoms with E-state index >= 15 is 0 Å². The van der Waals surface area contributed by atoms with Gasteiger partial charge in [0.25, 0.3) is 5.91 Å². The zero-order chi connectivity index (χ0) is 16.4. The number of aromatic nitrogens is 2. The lowest BCUT2D eigenvalue weighted by molar-refractivity contribution is 0.0944. The number of halogens is 2. The molecule has 23 heavy (non-hydrogen) atoms. The first-order chi connectivity index (χ1) is 11.1. The summed E-state index contributed by atoms with van der Waals surface area (Å²) in [4.78, 5) is 12.4. The Bertz CT molecular complexity index is 709. The van der Waals surface area contributed by atoms with Gasteiger partial charge in [-0.15, -0.1) is 0 Å². The number of carbonyl (C=O) groups excluding carboxylic acids is 1. The topological polar surface area (TPSA) is 56.2 Å². The van der Waals surface area contributed by atoms with Gasteiger partial charge in [0.15, 0.2) is 0 Å². The van der Waals surface area contributed by atoms with Crippen LogP contribution in [0.15, 0.2) is 24.3 Å². The molecule has 1 aromatic heterocycles. The highest BCUT2D eigenvalue weighted by atomic mass is 35.5. The van der Waals surface area contributed by atoms with Crippen molar-refractivity contribution in [1.82, 2.24) is 15.1 Å². The zero-order valence-electron chi connectivity index (χ0n) is 12.7. The minimum Gasteiger partial charge on any atom is -0.381 e. The fourth-order valence-corrected chi connectivity index (χ4v) is 2.94. The second kappa shape index (κ2) is 6.68. The molecule has 1 saturated heterocycles. The highest BCUT2D eigenvalue weighted by Crippen LogP contribution is 2.24. The average Bonchev–Trinajstić information content (AvgIpc) is 3.14. The van der Waals surface area contributed by atoms with Gasteiger partial charge in [-0.1, -0.05) is 11.6 Å². The van der Waals surface area contributed by atoms with Crippen molar-refractivity contribution in [1.29, 1.82) is 0 Å². The molecule has 122 valence electrons. The molecule has 1 aliphatic rings. The van der Waals surface area contributed by atoms with Crippen LogP contribution in [-0.4, -0.2) is 35.4 Å². The molecule has 3 rings (SSSR count). The van der Waals surface area contributed by atoms with Gasteiger partial charge in [-0.05, 0) is 37.6 Å². The van der Waals surface area contributed by atoms with Gasteiger partial charge in [-0.3, -0.25) is 4.79 Å². The van der Waals surface area contributed by atoms with Crippen molar-refractivity contribution in [3.63, 3.8) is 0 Å². The van der Waals surface area contributed by atoms with E-state index in [0.29, 0.717) is 36.0 Å². The molecule has 1 atom stereocenters. The van der Waals surface area contributed by atoms with E-state index in [9.17, 15) is 9.18 Å². The second-order valence-electron chi connectivity index (χ2n) is 5.58. The summed E-state index contributed by atoms with van der Waals surface area (Å²) in [6.45, 7) is 3.68. The standard InChI is InChI=1S/C16H17ClFN3O2/c1-10-14(16(22)19-8-11-6-7-23-9-11)15(17)21(20-10)13-4-2-12(18)3-5-13/h2-5,11H,6-9H2,1H3,(H,19,22). The predicted molar refractivity (Wildman–Crippen MR) is 84.5 cm³/mol. The lowest BCUT2D eigenvalue weighted by Gasteiger charge is -2.09. The fourth-order valence-electron chi connectivity index (χ4n) is 2.58. The van der Waals surface area contributed by atoms with E-state index in [-0.39, 0.29) is 16.9 Å². The lowest BCUT2D eigenvalue weighted by Crippen LogP contribution is -2.29. The number of hydrogen-bond donors (Lipinski definition) is 1. The third kappa shape index (κ3) is 3.38. The molecule has 0 saturated carbocycles. The minimum atomic E-state index is -0.342. The van der Waals surface area contributed by atoms with Gasteiger partial charge in [0, 0.05) is 19.1 Å². The van der Waals surface area contributed by atoms with Crippen LogP contribution in [0.1, 0.15) is 22.5 Å². The van der Waals surface area contributed by atoms with Crippen molar-refractivity contribution in [3.05, 3.63) is 46.5 Å². The van der Waals surface area contributed by atoms with Crippen LogP contribution in [0, 0.1) is 18.7 Å². The Hall–Kier alpha value is -1.92. The second-order valence-corrected chi connectivity index (χ2v) is 5.94. The minimum absolute atomic E-state index is 0.217. The number of ether oxygens (including phenoxy) is 1. The predicted octanol–water partition coefficient (Wildman–Crippen LogP) is 2.74. The molecule has 1 aromatic carbocycles. The number of carbonyl (C=O) groups is 1. The summed E-state index contributed by atoms with van der Waals surface area (Å²) in [6.07, 6.45) is 0.946. The summed E-state index contributed by atoms with van der Waals surface area (Å²) < 4.78 is 19.8. The van der Waals surface area contributed by atoms with Crippen LogP contribution in [0.3, 0.4) is 0 Å². The third-order valence-corrected chi connectivity index (χ3v) is 4.23. The summed E-state index contributed by atoms with van der Waals surface area (Å²) in [7, 11) is 0. The maximum absolute atomic E-state index is 13.0. The van der Waals surface area contributed by atoms with E-state index in [2.05, 4.69) is 10.4 Å². The molecule has 0 aliphatic carbocycles. The van der Waals surface area contributed by atoms with Crippen molar-refractivity contribution in [2.75, 3.05) is 19.8 Å². The van der Waals surface area contributed by atoms with Crippen LogP contribution in [-0.2, 0) is 4.74 Å². The highest BCUT2D eigenvalue weighted by Gasteiger charge is 2.23. The Morgan fingerprint density at radius 3 is 2.87 bits per heavy atom. The zero-order valence-corrected chi connectivity index (χ0v) is 13.4. The van der Waals surface area contributed by atoms with E-state index in [1.807, 2.05) is 0 Å². The van der Waals surface area contributed by atoms with Crippen LogP contribution in [0.25, 0.3) is 5.69 Å². The normalized spacial score (nSPS) is 17.4. The number of hydrogen-bond acceptors (Lipinski definition) is 3. The first-order valence-corrected chi connectivity index (χ1v) is 7.81. The number of benzene rings is 1. The van der Waals surface area contributed by atoms with Gasteiger partial charge in [-0.2, -0.15) is 5.10 Å². The largest absolute Gasteiger partial charge is 0.381 e. The lowest BCUT2D eigenvalue weighted by atomic mass is 10.1. The molecule has 1 fully saturated rings. The van der Waals surface area contributed by atoms with Crippen molar-refractivity contribution >= 4 is 17.5 Å². The summed E-state index contributed by atoms with van der Waals surface area (Å²) in [5.74, 6) is -0.261. The van der Waals surface area contributed by atoms with E-state index in [1.165, 1.54) is 16.8 Å². The Balaban J connectivity index is 1.79. The van der Waals surface area contributed by atoms with E-state index in [4.69, 9.17) is 16.3 Å². The molecule has 5 nitrogen and oxygen atoms in total. The van der Waals surface area contributed by atoms with Crippen molar-refractivity contribution < 1.29 is 13.9 Å². The molecular weight excluding hydrogens is 321 g/mol. The van der Waals surface area contributed by atoms with E-state index in [1.54, 1.807) is 19.1 Å². The maximum atomic E-state index is 13.0. The highest BCUT2D eigenvalue weighted by molar-refractivity contribution is 6.33. The summed E-state index contributed by atoms with van der Waals surface area (Å²) in [5.41, 5.74) is 1.47. The molecule has 0 bridgehead atoms. The van der Waals surface area contributed by atoms with Crippen LogP contribution in [0.4, 0.5) is 4.39 Å².